The van der Waals surface area contributed by atoms with Crippen molar-refractivity contribution in [1.29, 1.82) is 0 Å². The predicted octanol–water partition coefficient (Wildman–Crippen LogP) is 3.03. The fraction of sp³-hybridized carbons (Fsp3) is 0. The minimum atomic E-state index is 0.426. The molecular weight excluding hydrogens is 246 g/mol. The van der Waals surface area contributed by atoms with E-state index in [-0.39, 0.29) is 0 Å². The molecule has 4 heteroatoms. The van der Waals surface area contributed by atoms with E-state index in [4.69, 9.17) is 18.0 Å². The molecule has 2 heterocycles. The van der Waals surface area contributed by atoms with Gasteiger partial charge in [0.2, 0.25) is 0 Å². The topological polar surface area (TPSA) is 30.2 Å². The number of imidazole rings is 1. The first-order valence-corrected chi connectivity index (χ1v) is 5.73. The molecule has 0 radical (unpaired) electrons. The molecule has 18 heavy (non-hydrogen) atoms. The average Bonchev–Trinajstić information content (AvgIpc) is 2.81. The van der Waals surface area contributed by atoms with Crippen molar-refractivity contribution in [1.82, 2.24) is 14.6 Å². The molecule has 0 N–H and O–H groups in total. The SMILES string of the molecule is C#Cc1cccc(-c2cnc3ccc(Cl)nn23)c1. The van der Waals surface area contributed by atoms with Gasteiger partial charge in [-0.25, -0.2) is 9.50 Å². The molecule has 2 aromatic heterocycles. The van der Waals surface area contributed by atoms with E-state index in [2.05, 4.69) is 16.0 Å². The van der Waals surface area contributed by atoms with Crippen molar-refractivity contribution in [2.45, 2.75) is 0 Å². The average molecular weight is 254 g/mol. The fourth-order valence-corrected chi connectivity index (χ4v) is 1.95. The molecular formula is C14H8ClN3. The van der Waals surface area contributed by atoms with Gasteiger partial charge in [0.05, 0.1) is 11.9 Å². The lowest BCUT2D eigenvalue weighted by molar-refractivity contribution is 0.943. The second kappa shape index (κ2) is 4.17. The molecule has 0 unspecified atom stereocenters. The van der Waals surface area contributed by atoms with Crippen molar-refractivity contribution in [3.05, 3.63) is 53.3 Å². The summed E-state index contributed by atoms with van der Waals surface area (Å²) in [5.41, 5.74) is 3.40. The molecule has 3 aromatic rings. The van der Waals surface area contributed by atoms with Gasteiger partial charge >= 0.3 is 0 Å². The highest BCUT2D eigenvalue weighted by Crippen LogP contribution is 2.21. The normalized spacial score (nSPS) is 10.4. The van der Waals surface area contributed by atoms with Crippen LogP contribution in [0.4, 0.5) is 0 Å². The maximum atomic E-state index is 5.90. The lowest BCUT2D eigenvalue weighted by Crippen LogP contribution is -1.94. The van der Waals surface area contributed by atoms with E-state index in [0.717, 1.165) is 22.5 Å². The Hall–Kier alpha value is -2.31. The molecule has 86 valence electrons. The number of halogens is 1. The molecule has 0 amide bonds. The molecule has 0 fully saturated rings. The van der Waals surface area contributed by atoms with E-state index in [1.165, 1.54) is 0 Å². The van der Waals surface area contributed by atoms with Crippen LogP contribution in [0.15, 0.2) is 42.6 Å². The molecule has 0 atom stereocenters. The van der Waals surface area contributed by atoms with E-state index in [1.807, 2.05) is 30.3 Å². The number of aromatic nitrogens is 3. The third kappa shape index (κ3) is 1.73. The van der Waals surface area contributed by atoms with Gasteiger partial charge in [0.15, 0.2) is 5.65 Å². The van der Waals surface area contributed by atoms with Crippen LogP contribution in [0.3, 0.4) is 0 Å². The summed E-state index contributed by atoms with van der Waals surface area (Å²) < 4.78 is 1.71. The minimum Gasteiger partial charge on any atom is -0.235 e. The van der Waals surface area contributed by atoms with Gasteiger partial charge in [-0.3, -0.25) is 0 Å². The second-order valence-corrected chi connectivity index (χ2v) is 4.18. The van der Waals surface area contributed by atoms with Crippen molar-refractivity contribution in [2.75, 3.05) is 0 Å². The molecule has 0 aliphatic rings. The van der Waals surface area contributed by atoms with Gasteiger partial charge in [-0.05, 0) is 24.3 Å². The summed E-state index contributed by atoms with van der Waals surface area (Å²) >= 11 is 5.90. The summed E-state index contributed by atoms with van der Waals surface area (Å²) in [5, 5.41) is 4.66. The Morgan fingerprint density at radius 2 is 2.11 bits per heavy atom. The number of rotatable bonds is 1. The predicted molar refractivity (Wildman–Crippen MR) is 71.4 cm³/mol. The Balaban J connectivity index is 2.25. The zero-order valence-electron chi connectivity index (χ0n) is 9.34. The first-order chi connectivity index (χ1) is 8.78. The van der Waals surface area contributed by atoms with E-state index >= 15 is 0 Å². The van der Waals surface area contributed by atoms with Crippen molar-refractivity contribution >= 4 is 17.2 Å². The van der Waals surface area contributed by atoms with Crippen LogP contribution in [0.5, 0.6) is 0 Å². The van der Waals surface area contributed by atoms with Gasteiger partial charge in [-0.15, -0.1) is 6.42 Å². The molecule has 3 nitrogen and oxygen atoms in total. The molecule has 0 aliphatic heterocycles. The zero-order valence-corrected chi connectivity index (χ0v) is 10.1. The lowest BCUT2D eigenvalue weighted by atomic mass is 10.1. The van der Waals surface area contributed by atoms with Crippen LogP contribution < -0.4 is 0 Å². The first kappa shape index (κ1) is 10.8. The summed E-state index contributed by atoms with van der Waals surface area (Å²) in [5.74, 6) is 2.61. The lowest BCUT2D eigenvalue weighted by Gasteiger charge is -2.01. The zero-order chi connectivity index (χ0) is 12.5. The van der Waals surface area contributed by atoms with Gasteiger partial charge in [-0.2, -0.15) is 5.10 Å². The Bertz CT molecular complexity index is 768. The summed E-state index contributed by atoms with van der Waals surface area (Å²) in [7, 11) is 0. The van der Waals surface area contributed by atoms with Gasteiger partial charge in [0, 0.05) is 11.1 Å². The van der Waals surface area contributed by atoms with E-state index in [0.29, 0.717) is 5.15 Å². The summed E-state index contributed by atoms with van der Waals surface area (Å²) in [6, 6.07) is 11.2. The highest BCUT2D eigenvalue weighted by Gasteiger charge is 2.07. The van der Waals surface area contributed by atoms with Crippen LogP contribution in [0.25, 0.3) is 16.9 Å². The summed E-state index contributed by atoms with van der Waals surface area (Å²) in [4.78, 5) is 4.28. The Labute approximate surface area is 109 Å². The monoisotopic (exact) mass is 253 g/mol. The number of fused-ring (bicyclic) bond motifs is 1. The maximum Gasteiger partial charge on any atom is 0.154 e. The Kier molecular flexibility index (Phi) is 2.51. The number of hydrogen-bond acceptors (Lipinski definition) is 2. The van der Waals surface area contributed by atoms with Crippen molar-refractivity contribution in [3.63, 3.8) is 0 Å². The van der Waals surface area contributed by atoms with Gasteiger partial charge in [-0.1, -0.05) is 29.7 Å². The number of terminal acetylenes is 1. The van der Waals surface area contributed by atoms with Gasteiger partial charge in [0.1, 0.15) is 5.15 Å². The molecule has 1 aromatic carbocycles. The molecule has 0 spiro atoms. The van der Waals surface area contributed by atoms with Crippen LogP contribution in [0, 0.1) is 12.3 Å². The van der Waals surface area contributed by atoms with Gasteiger partial charge in [0.25, 0.3) is 0 Å². The van der Waals surface area contributed by atoms with Crippen molar-refractivity contribution in [3.8, 4) is 23.6 Å². The third-order valence-corrected chi connectivity index (χ3v) is 2.86. The van der Waals surface area contributed by atoms with Crippen LogP contribution in [-0.2, 0) is 0 Å². The standard InChI is InChI=1S/C14H8ClN3/c1-2-10-4-3-5-11(8-10)12-9-16-14-7-6-13(15)17-18(12)14/h1,3-9H. The highest BCUT2D eigenvalue weighted by molar-refractivity contribution is 6.29. The Morgan fingerprint density at radius 1 is 1.22 bits per heavy atom. The molecule has 0 aliphatic carbocycles. The fourth-order valence-electron chi connectivity index (χ4n) is 1.82. The third-order valence-electron chi connectivity index (χ3n) is 2.65. The van der Waals surface area contributed by atoms with Crippen molar-refractivity contribution in [2.24, 2.45) is 0 Å². The highest BCUT2D eigenvalue weighted by atomic mass is 35.5. The van der Waals surface area contributed by atoms with Crippen molar-refractivity contribution < 1.29 is 0 Å². The number of hydrogen-bond donors (Lipinski definition) is 0. The number of nitrogens with zero attached hydrogens (tertiary/aromatic N) is 3. The van der Waals surface area contributed by atoms with Crippen LogP contribution in [0.1, 0.15) is 5.56 Å². The molecule has 3 rings (SSSR count). The number of benzene rings is 1. The molecule has 0 saturated heterocycles. The first-order valence-electron chi connectivity index (χ1n) is 5.35. The maximum absolute atomic E-state index is 5.90. The van der Waals surface area contributed by atoms with Gasteiger partial charge < -0.3 is 0 Å². The summed E-state index contributed by atoms with van der Waals surface area (Å²) in [6.45, 7) is 0. The van der Waals surface area contributed by atoms with Crippen LogP contribution in [0.2, 0.25) is 5.15 Å². The van der Waals surface area contributed by atoms with Crippen LogP contribution in [-0.4, -0.2) is 14.6 Å². The van der Waals surface area contributed by atoms with E-state index in [9.17, 15) is 0 Å². The molecule has 0 saturated carbocycles. The second-order valence-electron chi connectivity index (χ2n) is 3.79. The van der Waals surface area contributed by atoms with E-state index < -0.39 is 0 Å². The van der Waals surface area contributed by atoms with Crippen LogP contribution >= 0.6 is 11.6 Å². The Morgan fingerprint density at radius 3 is 2.94 bits per heavy atom. The largest absolute Gasteiger partial charge is 0.235 e. The smallest absolute Gasteiger partial charge is 0.154 e. The minimum absolute atomic E-state index is 0.426. The summed E-state index contributed by atoms with van der Waals surface area (Å²) in [6.07, 6.45) is 7.16. The van der Waals surface area contributed by atoms with E-state index in [1.54, 1.807) is 16.8 Å². The quantitative estimate of drug-likeness (QED) is 0.624. The molecule has 0 bridgehead atoms.